The minimum atomic E-state index is -0.505. The molecular weight excluding hydrogens is 251 g/mol. The molecule has 14 heavy (non-hydrogen) atoms. The average Bonchev–Trinajstić information content (AvgIpc) is 2.35. The lowest BCUT2D eigenvalue weighted by Crippen LogP contribution is -2.02. The summed E-state index contributed by atoms with van der Waals surface area (Å²) in [5.74, 6) is -0.348. The predicted molar refractivity (Wildman–Crippen MR) is 53.2 cm³/mol. The van der Waals surface area contributed by atoms with Crippen molar-refractivity contribution in [3.63, 3.8) is 0 Å². The van der Waals surface area contributed by atoms with Crippen LogP contribution in [-0.4, -0.2) is 12.4 Å². The van der Waals surface area contributed by atoms with Crippen LogP contribution in [0.4, 0.5) is 4.39 Å². The summed E-state index contributed by atoms with van der Waals surface area (Å²) in [6.45, 7) is 0.459. The molecule has 0 saturated heterocycles. The Labute approximate surface area is 89.2 Å². The number of hydrogen-bond donors (Lipinski definition) is 0. The fraction of sp³-hybridized carbons (Fsp3) is 0.300. The number of fused-ring (bicyclic) bond motifs is 1. The predicted octanol–water partition coefficient (Wildman–Crippen LogP) is 2.94. The van der Waals surface area contributed by atoms with E-state index in [2.05, 4.69) is 15.9 Å². The highest BCUT2D eigenvalue weighted by Crippen LogP contribution is 2.33. The van der Waals surface area contributed by atoms with Gasteiger partial charge in [0.15, 0.2) is 5.78 Å². The van der Waals surface area contributed by atoms with Gasteiger partial charge in [-0.3, -0.25) is 4.79 Å². The van der Waals surface area contributed by atoms with E-state index >= 15 is 0 Å². The standard InChI is InChI=1S/C10H8BrFO2/c11-6-3-4-7(12)9-8(13)2-1-5-14-10(6)9/h3-4H,1-2,5H2. The zero-order chi connectivity index (χ0) is 10.1. The third-order valence-corrected chi connectivity index (χ3v) is 2.76. The number of carbonyl (C=O) groups is 1. The molecule has 2 rings (SSSR count). The van der Waals surface area contributed by atoms with Crippen LogP contribution in [-0.2, 0) is 0 Å². The van der Waals surface area contributed by atoms with Crippen LogP contribution in [0.15, 0.2) is 16.6 Å². The number of ketones is 1. The highest BCUT2D eigenvalue weighted by Gasteiger charge is 2.22. The molecular formula is C10H8BrFO2. The summed E-state index contributed by atoms with van der Waals surface area (Å²) >= 11 is 3.23. The molecule has 1 aromatic rings. The van der Waals surface area contributed by atoms with E-state index in [0.717, 1.165) is 0 Å². The molecule has 0 N–H and O–H groups in total. The van der Waals surface area contributed by atoms with Gasteiger partial charge in [-0.2, -0.15) is 0 Å². The summed E-state index contributed by atoms with van der Waals surface area (Å²) in [7, 11) is 0. The van der Waals surface area contributed by atoms with Crippen molar-refractivity contribution in [2.45, 2.75) is 12.8 Å². The van der Waals surface area contributed by atoms with E-state index in [1.54, 1.807) is 6.07 Å². The molecule has 0 bridgehead atoms. The molecule has 0 radical (unpaired) electrons. The smallest absolute Gasteiger partial charge is 0.169 e. The van der Waals surface area contributed by atoms with Crippen LogP contribution < -0.4 is 4.74 Å². The number of carbonyl (C=O) groups excluding carboxylic acids is 1. The van der Waals surface area contributed by atoms with Crippen LogP contribution in [0.1, 0.15) is 23.2 Å². The Morgan fingerprint density at radius 3 is 3.00 bits per heavy atom. The van der Waals surface area contributed by atoms with Gasteiger partial charge >= 0.3 is 0 Å². The average molecular weight is 259 g/mol. The monoisotopic (exact) mass is 258 g/mol. The first-order valence-corrected chi connectivity index (χ1v) is 5.13. The fourth-order valence-corrected chi connectivity index (χ4v) is 1.91. The van der Waals surface area contributed by atoms with E-state index in [1.165, 1.54) is 6.07 Å². The number of benzene rings is 1. The lowest BCUT2D eigenvalue weighted by atomic mass is 10.1. The van der Waals surface area contributed by atoms with Gasteiger partial charge in [0.1, 0.15) is 11.6 Å². The Bertz CT molecular complexity index is 390. The first kappa shape index (κ1) is 9.65. The third kappa shape index (κ3) is 1.54. The van der Waals surface area contributed by atoms with Gasteiger partial charge in [-0.05, 0) is 34.5 Å². The minimum absolute atomic E-state index is 0.0804. The Kier molecular flexibility index (Phi) is 2.54. The Hall–Kier alpha value is -0.900. The van der Waals surface area contributed by atoms with Crippen molar-refractivity contribution in [3.8, 4) is 5.75 Å². The first-order valence-electron chi connectivity index (χ1n) is 4.34. The molecule has 0 fully saturated rings. The third-order valence-electron chi connectivity index (χ3n) is 2.13. The van der Waals surface area contributed by atoms with Gasteiger partial charge in [0.25, 0.3) is 0 Å². The molecule has 0 spiro atoms. The zero-order valence-corrected chi connectivity index (χ0v) is 8.93. The fourth-order valence-electron chi connectivity index (χ4n) is 1.47. The summed E-state index contributed by atoms with van der Waals surface area (Å²) in [5, 5.41) is 0. The number of rotatable bonds is 0. The van der Waals surface area contributed by atoms with Crippen molar-refractivity contribution in [1.82, 2.24) is 0 Å². The molecule has 0 unspecified atom stereocenters. The van der Waals surface area contributed by atoms with Crippen LogP contribution >= 0.6 is 15.9 Å². The summed E-state index contributed by atoms with van der Waals surface area (Å²) < 4.78 is 19.3. The van der Waals surface area contributed by atoms with Crippen LogP contribution in [0, 0.1) is 5.82 Å². The van der Waals surface area contributed by atoms with Gasteiger partial charge in [-0.1, -0.05) is 0 Å². The topological polar surface area (TPSA) is 26.3 Å². The number of halogens is 2. The summed E-state index contributed by atoms with van der Waals surface area (Å²) in [6.07, 6.45) is 0.986. The molecule has 0 saturated carbocycles. The molecule has 74 valence electrons. The minimum Gasteiger partial charge on any atom is -0.492 e. The van der Waals surface area contributed by atoms with Gasteiger partial charge in [-0.25, -0.2) is 4.39 Å². The molecule has 0 amide bonds. The second kappa shape index (κ2) is 3.69. The van der Waals surface area contributed by atoms with E-state index in [0.29, 0.717) is 29.7 Å². The van der Waals surface area contributed by atoms with E-state index in [4.69, 9.17) is 4.74 Å². The summed E-state index contributed by atoms with van der Waals surface area (Å²) in [4.78, 5) is 11.5. The van der Waals surface area contributed by atoms with Crippen molar-refractivity contribution >= 4 is 21.7 Å². The second-order valence-corrected chi connectivity index (χ2v) is 3.96. The Morgan fingerprint density at radius 1 is 1.43 bits per heavy atom. The van der Waals surface area contributed by atoms with E-state index in [1.807, 2.05) is 0 Å². The van der Waals surface area contributed by atoms with Gasteiger partial charge in [0.05, 0.1) is 16.6 Å². The first-order chi connectivity index (χ1) is 6.70. The highest BCUT2D eigenvalue weighted by molar-refractivity contribution is 9.10. The number of ether oxygens (including phenoxy) is 1. The lowest BCUT2D eigenvalue weighted by Gasteiger charge is -2.08. The highest BCUT2D eigenvalue weighted by atomic mass is 79.9. The Morgan fingerprint density at radius 2 is 2.21 bits per heavy atom. The molecule has 1 aliphatic rings. The van der Waals surface area contributed by atoms with Crippen LogP contribution in [0.3, 0.4) is 0 Å². The van der Waals surface area contributed by atoms with Gasteiger partial charge in [-0.15, -0.1) is 0 Å². The Balaban J connectivity index is 2.62. The molecule has 1 heterocycles. The quantitative estimate of drug-likeness (QED) is 0.716. The molecule has 0 atom stereocenters. The van der Waals surface area contributed by atoms with Crippen molar-refractivity contribution in [3.05, 3.63) is 28.0 Å². The maximum absolute atomic E-state index is 13.4. The normalized spacial score (nSPS) is 15.7. The van der Waals surface area contributed by atoms with Crippen molar-refractivity contribution in [1.29, 1.82) is 0 Å². The summed E-state index contributed by atoms with van der Waals surface area (Å²) in [6, 6.07) is 2.82. The molecule has 0 aromatic heterocycles. The van der Waals surface area contributed by atoms with Crippen molar-refractivity contribution < 1.29 is 13.9 Å². The zero-order valence-electron chi connectivity index (χ0n) is 7.35. The lowest BCUT2D eigenvalue weighted by molar-refractivity contribution is 0.0979. The van der Waals surface area contributed by atoms with E-state index < -0.39 is 5.82 Å². The van der Waals surface area contributed by atoms with E-state index in [9.17, 15) is 9.18 Å². The van der Waals surface area contributed by atoms with Crippen molar-refractivity contribution in [2.24, 2.45) is 0 Å². The van der Waals surface area contributed by atoms with Crippen LogP contribution in [0.2, 0.25) is 0 Å². The maximum atomic E-state index is 13.4. The number of Topliss-reactive ketones (excluding diaryl/α,β-unsaturated/α-hetero) is 1. The molecule has 4 heteroatoms. The number of hydrogen-bond acceptors (Lipinski definition) is 2. The largest absolute Gasteiger partial charge is 0.492 e. The SMILES string of the molecule is O=C1CCCOc2c(Br)ccc(F)c21. The molecule has 1 aromatic carbocycles. The molecule has 0 aliphatic carbocycles. The van der Waals surface area contributed by atoms with Gasteiger partial charge in [0.2, 0.25) is 0 Å². The van der Waals surface area contributed by atoms with E-state index in [-0.39, 0.29) is 11.3 Å². The van der Waals surface area contributed by atoms with Gasteiger partial charge in [0, 0.05) is 6.42 Å². The van der Waals surface area contributed by atoms with Crippen molar-refractivity contribution in [2.75, 3.05) is 6.61 Å². The summed E-state index contributed by atoms with van der Waals surface area (Å²) in [5.41, 5.74) is 0.0804. The molecule has 2 nitrogen and oxygen atoms in total. The maximum Gasteiger partial charge on any atom is 0.169 e. The molecule has 1 aliphatic heterocycles. The van der Waals surface area contributed by atoms with Crippen LogP contribution in [0.5, 0.6) is 5.75 Å². The van der Waals surface area contributed by atoms with Crippen LogP contribution in [0.25, 0.3) is 0 Å². The second-order valence-electron chi connectivity index (χ2n) is 3.11. The van der Waals surface area contributed by atoms with Gasteiger partial charge < -0.3 is 4.74 Å².